The summed E-state index contributed by atoms with van der Waals surface area (Å²) in [5, 5.41) is 13.0. The maximum absolute atomic E-state index is 11.8. The predicted molar refractivity (Wildman–Crippen MR) is 78.5 cm³/mol. The van der Waals surface area contributed by atoms with Crippen molar-refractivity contribution in [1.82, 2.24) is 5.32 Å². The summed E-state index contributed by atoms with van der Waals surface area (Å²) >= 11 is 0. The van der Waals surface area contributed by atoms with E-state index in [0.29, 0.717) is 19.3 Å². The first kappa shape index (κ1) is 15.8. The third-order valence-electron chi connectivity index (χ3n) is 4.60. The van der Waals surface area contributed by atoms with Gasteiger partial charge >= 0.3 is 0 Å². The second-order valence-corrected chi connectivity index (χ2v) is 6.44. The Bertz CT molecular complexity index is 292. The summed E-state index contributed by atoms with van der Waals surface area (Å²) in [4.78, 5) is 11.8. The van der Waals surface area contributed by atoms with Crippen molar-refractivity contribution in [3.63, 3.8) is 0 Å². The summed E-state index contributed by atoms with van der Waals surface area (Å²) in [6, 6.07) is 0. The highest BCUT2D eigenvalue weighted by Gasteiger charge is 2.33. The highest BCUT2D eigenvalue weighted by atomic mass is 16.5. The molecule has 0 unspecified atom stereocenters. The number of carbonyl (C=O) groups excluding carboxylic acids is 1. The maximum atomic E-state index is 11.8. The van der Waals surface area contributed by atoms with Gasteiger partial charge in [0.1, 0.15) is 0 Å². The molecule has 0 aromatic rings. The van der Waals surface area contributed by atoms with Crippen molar-refractivity contribution in [3.8, 4) is 0 Å². The first-order valence-electron chi connectivity index (χ1n) is 8.29. The topological polar surface area (TPSA) is 58.6 Å². The quantitative estimate of drug-likeness (QED) is 0.582. The van der Waals surface area contributed by atoms with Gasteiger partial charge < -0.3 is 15.2 Å². The molecule has 0 aromatic heterocycles. The van der Waals surface area contributed by atoms with E-state index < -0.39 is 5.60 Å². The average Bonchev–Trinajstić information content (AvgIpc) is 2.68. The molecule has 4 nitrogen and oxygen atoms in total. The number of hydrogen-bond acceptors (Lipinski definition) is 3. The number of nitrogens with one attached hydrogen (secondary N) is 1. The molecule has 0 heterocycles. The van der Waals surface area contributed by atoms with Crippen LogP contribution in [0.15, 0.2) is 0 Å². The van der Waals surface area contributed by atoms with Crippen molar-refractivity contribution >= 4 is 5.91 Å². The molecular formula is C16H29NO3. The minimum absolute atomic E-state index is 0.0427. The lowest BCUT2D eigenvalue weighted by atomic mass is 9.98. The van der Waals surface area contributed by atoms with Crippen molar-refractivity contribution in [3.05, 3.63) is 0 Å². The third kappa shape index (κ3) is 5.41. The van der Waals surface area contributed by atoms with Gasteiger partial charge in [0.25, 0.3) is 0 Å². The molecule has 2 fully saturated rings. The molecule has 2 saturated carbocycles. The number of aliphatic hydroxyl groups is 1. The molecular weight excluding hydrogens is 254 g/mol. The fourth-order valence-electron chi connectivity index (χ4n) is 3.40. The van der Waals surface area contributed by atoms with Crippen LogP contribution in [0.3, 0.4) is 0 Å². The van der Waals surface area contributed by atoms with Gasteiger partial charge in [0.15, 0.2) is 0 Å². The van der Waals surface area contributed by atoms with E-state index in [1.807, 2.05) is 0 Å². The normalized spacial score (nSPS) is 23.4. The lowest BCUT2D eigenvalue weighted by molar-refractivity contribution is -0.126. The Morgan fingerprint density at radius 2 is 1.75 bits per heavy atom. The fourth-order valence-corrected chi connectivity index (χ4v) is 3.40. The van der Waals surface area contributed by atoms with Gasteiger partial charge in [-0.25, -0.2) is 0 Å². The van der Waals surface area contributed by atoms with Crippen LogP contribution in [0.25, 0.3) is 0 Å². The number of ether oxygens (including phenoxy) is 1. The van der Waals surface area contributed by atoms with Gasteiger partial charge in [0, 0.05) is 6.54 Å². The van der Waals surface area contributed by atoms with Crippen molar-refractivity contribution < 1.29 is 14.6 Å². The van der Waals surface area contributed by atoms with E-state index in [2.05, 4.69) is 5.32 Å². The van der Waals surface area contributed by atoms with Gasteiger partial charge in [-0.05, 0) is 25.7 Å². The second-order valence-electron chi connectivity index (χ2n) is 6.44. The van der Waals surface area contributed by atoms with Crippen LogP contribution in [0.2, 0.25) is 0 Å². The molecule has 116 valence electrons. The number of carbonyl (C=O) groups is 1. The molecule has 0 aliphatic heterocycles. The molecule has 0 atom stereocenters. The summed E-state index contributed by atoms with van der Waals surface area (Å²) in [6.07, 6.45) is 11.7. The van der Waals surface area contributed by atoms with Gasteiger partial charge in [-0.1, -0.05) is 38.5 Å². The molecule has 2 aliphatic carbocycles. The van der Waals surface area contributed by atoms with Gasteiger partial charge in [0.05, 0.1) is 24.7 Å². The van der Waals surface area contributed by atoms with Gasteiger partial charge in [-0.15, -0.1) is 0 Å². The first-order valence-corrected chi connectivity index (χ1v) is 8.29. The predicted octanol–water partition coefficient (Wildman–Crippen LogP) is 2.54. The number of amides is 1. The van der Waals surface area contributed by atoms with Crippen LogP contribution in [0.1, 0.15) is 70.6 Å². The zero-order valence-electron chi connectivity index (χ0n) is 12.5. The second kappa shape index (κ2) is 7.99. The van der Waals surface area contributed by atoms with Crippen LogP contribution in [0.4, 0.5) is 0 Å². The molecule has 2 rings (SSSR count). The van der Waals surface area contributed by atoms with Crippen molar-refractivity contribution in [2.45, 2.75) is 82.3 Å². The van der Waals surface area contributed by atoms with E-state index in [1.165, 1.54) is 25.7 Å². The fraction of sp³-hybridized carbons (Fsp3) is 0.938. The molecule has 0 spiro atoms. The SMILES string of the molecule is O=C(CC1(O)CCCC1)NCCOC1CCCCCC1. The maximum Gasteiger partial charge on any atom is 0.222 e. The van der Waals surface area contributed by atoms with Crippen LogP contribution >= 0.6 is 0 Å². The summed E-state index contributed by atoms with van der Waals surface area (Å²) in [6.45, 7) is 1.15. The Balaban J connectivity index is 1.54. The Hall–Kier alpha value is -0.610. The lowest BCUT2D eigenvalue weighted by Gasteiger charge is -2.21. The Labute approximate surface area is 122 Å². The summed E-state index contributed by atoms with van der Waals surface area (Å²) in [7, 11) is 0. The highest BCUT2D eigenvalue weighted by Crippen LogP contribution is 2.32. The summed E-state index contributed by atoms with van der Waals surface area (Å²) in [5.74, 6) is -0.0427. The minimum Gasteiger partial charge on any atom is -0.389 e. The minimum atomic E-state index is -0.744. The molecule has 0 aromatic carbocycles. The van der Waals surface area contributed by atoms with E-state index in [0.717, 1.165) is 38.5 Å². The highest BCUT2D eigenvalue weighted by molar-refractivity contribution is 5.77. The molecule has 0 radical (unpaired) electrons. The van der Waals surface area contributed by atoms with Gasteiger partial charge in [-0.2, -0.15) is 0 Å². The van der Waals surface area contributed by atoms with Crippen molar-refractivity contribution in [2.75, 3.05) is 13.2 Å². The van der Waals surface area contributed by atoms with E-state index in [9.17, 15) is 9.90 Å². The third-order valence-corrected chi connectivity index (χ3v) is 4.60. The summed E-state index contributed by atoms with van der Waals surface area (Å²) in [5.41, 5.74) is -0.744. The molecule has 2 aliphatic rings. The van der Waals surface area contributed by atoms with Crippen LogP contribution in [-0.2, 0) is 9.53 Å². The Morgan fingerprint density at radius 1 is 1.10 bits per heavy atom. The van der Waals surface area contributed by atoms with Crippen LogP contribution in [0.5, 0.6) is 0 Å². The number of rotatable bonds is 6. The smallest absolute Gasteiger partial charge is 0.222 e. The van der Waals surface area contributed by atoms with E-state index in [4.69, 9.17) is 4.74 Å². The van der Waals surface area contributed by atoms with Crippen molar-refractivity contribution in [1.29, 1.82) is 0 Å². The zero-order valence-corrected chi connectivity index (χ0v) is 12.5. The summed E-state index contributed by atoms with van der Waals surface area (Å²) < 4.78 is 5.83. The molecule has 0 bridgehead atoms. The largest absolute Gasteiger partial charge is 0.389 e. The average molecular weight is 283 g/mol. The Morgan fingerprint density at radius 3 is 2.40 bits per heavy atom. The van der Waals surface area contributed by atoms with E-state index >= 15 is 0 Å². The van der Waals surface area contributed by atoms with E-state index in [-0.39, 0.29) is 12.3 Å². The van der Waals surface area contributed by atoms with Crippen LogP contribution < -0.4 is 5.32 Å². The molecule has 1 amide bonds. The van der Waals surface area contributed by atoms with Gasteiger partial charge in [-0.3, -0.25) is 4.79 Å². The van der Waals surface area contributed by atoms with Crippen LogP contribution in [0, 0.1) is 0 Å². The molecule has 4 heteroatoms. The Kier molecular flexibility index (Phi) is 6.30. The number of hydrogen-bond donors (Lipinski definition) is 2. The molecule has 2 N–H and O–H groups in total. The lowest BCUT2D eigenvalue weighted by Crippen LogP contribution is -2.36. The van der Waals surface area contributed by atoms with Crippen molar-refractivity contribution in [2.24, 2.45) is 0 Å². The monoisotopic (exact) mass is 283 g/mol. The molecule has 20 heavy (non-hydrogen) atoms. The first-order chi connectivity index (χ1) is 9.68. The zero-order chi connectivity index (χ0) is 14.3. The van der Waals surface area contributed by atoms with Crippen LogP contribution in [-0.4, -0.2) is 35.9 Å². The van der Waals surface area contributed by atoms with E-state index in [1.54, 1.807) is 0 Å². The van der Waals surface area contributed by atoms with Gasteiger partial charge in [0.2, 0.25) is 5.91 Å². The standard InChI is InChI=1S/C16H29NO3/c18-15(13-16(19)9-5-6-10-16)17-11-12-20-14-7-3-1-2-4-8-14/h14,19H,1-13H2,(H,17,18). The molecule has 0 saturated heterocycles.